The number of likely N-dealkylation sites (tertiary alicyclic amines) is 1. The van der Waals surface area contributed by atoms with E-state index in [9.17, 15) is 15.0 Å². The zero-order valence-corrected chi connectivity index (χ0v) is 11.1. The third-order valence-corrected chi connectivity index (χ3v) is 3.56. The third kappa shape index (κ3) is 2.69. The number of carbonyl (C=O) groups is 1. The van der Waals surface area contributed by atoms with Crippen molar-refractivity contribution in [3.05, 3.63) is 23.9 Å². The first-order chi connectivity index (χ1) is 8.95. The highest BCUT2D eigenvalue weighted by Crippen LogP contribution is 2.24. The van der Waals surface area contributed by atoms with E-state index in [0.717, 1.165) is 0 Å². The van der Waals surface area contributed by atoms with Crippen LogP contribution in [0.1, 0.15) is 23.7 Å². The molecule has 1 amide bonds. The van der Waals surface area contributed by atoms with Gasteiger partial charge in [-0.15, -0.1) is 0 Å². The largest absolute Gasteiger partial charge is 0.388 e. The van der Waals surface area contributed by atoms with Crippen LogP contribution in [0, 0.1) is 0 Å². The number of aliphatic hydroxyl groups is 2. The second kappa shape index (κ2) is 5.14. The van der Waals surface area contributed by atoms with E-state index in [1.807, 2.05) is 0 Å². The highest BCUT2D eigenvalue weighted by atomic mass is 16.3. The van der Waals surface area contributed by atoms with E-state index in [-0.39, 0.29) is 12.5 Å². The first-order valence-electron chi connectivity index (χ1n) is 6.28. The number of pyridine rings is 1. The molecule has 0 radical (unpaired) electrons. The molecule has 104 valence electrons. The summed E-state index contributed by atoms with van der Waals surface area (Å²) in [5, 5.41) is 22.6. The number of β-amino-alcohol motifs (C(OH)–C–C–N with tert-alkyl or cyclic N) is 1. The van der Waals surface area contributed by atoms with Crippen LogP contribution in [-0.4, -0.2) is 57.8 Å². The quantitative estimate of drug-likeness (QED) is 0.705. The molecule has 2 heterocycles. The van der Waals surface area contributed by atoms with E-state index >= 15 is 0 Å². The summed E-state index contributed by atoms with van der Waals surface area (Å²) in [4.78, 5) is 18.0. The number of rotatable bonds is 2. The molecule has 3 N–H and O–H groups in total. The van der Waals surface area contributed by atoms with Gasteiger partial charge in [0, 0.05) is 26.3 Å². The van der Waals surface area contributed by atoms with Crippen molar-refractivity contribution in [3.8, 4) is 0 Å². The molecule has 2 rings (SSSR count). The zero-order chi connectivity index (χ0) is 14.0. The summed E-state index contributed by atoms with van der Waals surface area (Å²) in [5.74, 6) is 0.325. The van der Waals surface area contributed by atoms with Gasteiger partial charge in [0.25, 0.3) is 5.91 Å². The van der Waals surface area contributed by atoms with Crippen LogP contribution in [-0.2, 0) is 0 Å². The molecule has 6 nitrogen and oxygen atoms in total. The number of hydrogen-bond acceptors (Lipinski definition) is 5. The van der Waals surface area contributed by atoms with Crippen LogP contribution >= 0.6 is 0 Å². The molecule has 0 spiro atoms. The van der Waals surface area contributed by atoms with Gasteiger partial charge in [-0.3, -0.25) is 4.79 Å². The third-order valence-electron chi connectivity index (χ3n) is 3.56. The Bertz CT molecular complexity index is 476. The maximum absolute atomic E-state index is 12.4. The molecule has 6 heteroatoms. The number of aliphatic hydroxyl groups excluding tert-OH is 1. The normalized spacial score (nSPS) is 27.2. The van der Waals surface area contributed by atoms with Gasteiger partial charge in [-0.05, 0) is 25.5 Å². The molecule has 1 aliphatic rings. The van der Waals surface area contributed by atoms with Crippen molar-refractivity contribution in [3.63, 3.8) is 0 Å². The highest BCUT2D eigenvalue weighted by Gasteiger charge is 2.38. The molecule has 0 bridgehead atoms. The Morgan fingerprint density at radius 1 is 1.63 bits per heavy atom. The molecule has 0 aliphatic carbocycles. The predicted octanol–water partition coefficient (Wildman–Crippen LogP) is 0.0811. The molecule has 1 saturated heterocycles. The Labute approximate surface area is 112 Å². The number of aromatic nitrogens is 1. The van der Waals surface area contributed by atoms with E-state index in [1.54, 1.807) is 37.2 Å². The van der Waals surface area contributed by atoms with Crippen molar-refractivity contribution in [2.75, 3.05) is 25.5 Å². The van der Waals surface area contributed by atoms with Gasteiger partial charge in [-0.25, -0.2) is 4.98 Å². The van der Waals surface area contributed by atoms with Crippen LogP contribution in [0.15, 0.2) is 18.3 Å². The number of amides is 1. The summed E-state index contributed by atoms with van der Waals surface area (Å²) in [6, 6.07) is 3.39. The summed E-state index contributed by atoms with van der Waals surface area (Å²) >= 11 is 0. The Balaban J connectivity index is 2.17. The van der Waals surface area contributed by atoms with Crippen molar-refractivity contribution in [1.29, 1.82) is 0 Å². The summed E-state index contributed by atoms with van der Waals surface area (Å²) in [5.41, 5.74) is -0.656. The Hall–Kier alpha value is -1.66. The summed E-state index contributed by atoms with van der Waals surface area (Å²) < 4.78 is 0. The van der Waals surface area contributed by atoms with Gasteiger partial charge in [-0.2, -0.15) is 0 Å². The number of nitrogens with zero attached hydrogens (tertiary/aromatic N) is 2. The van der Waals surface area contributed by atoms with Crippen molar-refractivity contribution in [1.82, 2.24) is 9.88 Å². The summed E-state index contributed by atoms with van der Waals surface area (Å²) in [6.45, 7) is 2.13. The lowest BCUT2D eigenvalue weighted by atomic mass is 9.90. The van der Waals surface area contributed by atoms with E-state index in [2.05, 4.69) is 10.3 Å². The second-order valence-electron chi connectivity index (χ2n) is 5.02. The van der Waals surface area contributed by atoms with Crippen LogP contribution < -0.4 is 5.32 Å². The molecule has 19 heavy (non-hydrogen) atoms. The molecule has 2 atom stereocenters. The molecule has 0 aromatic carbocycles. The average molecular weight is 265 g/mol. The molecule has 0 unspecified atom stereocenters. The summed E-state index contributed by atoms with van der Waals surface area (Å²) in [7, 11) is 1.70. The number of hydrogen-bond donors (Lipinski definition) is 3. The lowest BCUT2D eigenvalue weighted by Crippen LogP contribution is -2.55. The van der Waals surface area contributed by atoms with Crippen molar-refractivity contribution >= 4 is 11.7 Å². The van der Waals surface area contributed by atoms with Gasteiger partial charge in [0.2, 0.25) is 0 Å². The number of anilines is 1. The van der Waals surface area contributed by atoms with Gasteiger partial charge >= 0.3 is 0 Å². The van der Waals surface area contributed by atoms with E-state index in [4.69, 9.17) is 0 Å². The molecule has 0 saturated carbocycles. The predicted molar refractivity (Wildman–Crippen MR) is 70.9 cm³/mol. The Morgan fingerprint density at radius 3 is 3.00 bits per heavy atom. The summed E-state index contributed by atoms with van der Waals surface area (Å²) in [6.07, 6.45) is 1.04. The number of nitrogens with one attached hydrogen (secondary N) is 1. The van der Waals surface area contributed by atoms with Gasteiger partial charge in [-0.1, -0.05) is 0 Å². The fourth-order valence-corrected chi connectivity index (χ4v) is 2.16. The van der Waals surface area contributed by atoms with Crippen molar-refractivity contribution < 1.29 is 15.0 Å². The standard InChI is InChI=1S/C13H19N3O3/c1-13(19)5-7-16(8-10(13)17)12(18)9-4-3-6-15-11(9)14-2/h3-4,6,10,17,19H,5,7-8H2,1-2H3,(H,14,15)/t10-,13-/m0/s1. The van der Waals surface area contributed by atoms with Gasteiger partial charge in [0.15, 0.2) is 0 Å². The van der Waals surface area contributed by atoms with E-state index in [1.165, 1.54) is 0 Å². The van der Waals surface area contributed by atoms with E-state index < -0.39 is 11.7 Å². The van der Waals surface area contributed by atoms with Crippen LogP contribution in [0.25, 0.3) is 0 Å². The first-order valence-corrected chi connectivity index (χ1v) is 6.28. The smallest absolute Gasteiger partial charge is 0.257 e. The minimum atomic E-state index is -1.13. The maximum Gasteiger partial charge on any atom is 0.257 e. The number of piperidine rings is 1. The van der Waals surface area contributed by atoms with Gasteiger partial charge in [0.05, 0.1) is 17.3 Å². The lowest BCUT2D eigenvalue weighted by Gasteiger charge is -2.40. The van der Waals surface area contributed by atoms with E-state index in [0.29, 0.717) is 24.3 Å². The Kier molecular flexibility index (Phi) is 3.73. The minimum Gasteiger partial charge on any atom is -0.388 e. The van der Waals surface area contributed by atoms with Crippen molar-refractivity contribution in [2.24, 2.45) is 0 Å². The van der Waals surface area contributed by atoms with Crippen LogP contribution in [0.5, 0.6) is 0 Å². The van der Waals surface area contributed by atoms with Gasteiger partial charge in [0.1, 0.15) is 5.82 Å². The first kappa shape index (κ1) is 13.8. The zero-order valence-electron chi connectivity index (χ0n) is 11.1. The minimum absolute atomic E-state index is 0.129. The second-order valence-corrected chi connectivity index (χ2v) is 5.02. The molecule has 1 fully saturated rings. The molecule has 1 aliphatic heterocycles. The Morgan fingerprint density at radius 2 is 2.37 bits per heavy atom. The topological polar surface area (TPSA) is 85.7 Å². The molecular formula is C13H19N3O3. The highest BCUT2D eigenvalue weighted by molar-refractivity contribution is 5.98. The fraction of sp³-hybridized carbons (Fsp3) is 0.538. The monoisotopic (exact) mass is 265 g/mol. The molecule has 1 aromatic heterocycles. The number of carbonyl (C=O) groups excluding carboxylic acids is 1. The van der Waals surface area contributed by atoms with Crippen LogP contribution in [0.4, 0.5) is 5.82 Å². The van der Waals surface area contributed by atoms with Crippen LogP contribution in [0.2, 0.25) is 0 Å². The maximum atomic E-state index is 12.4. The van der Waals surface area contributed by atoms with Crippen LogP contribution in [0.3, 0.4) is 0 Å². The fourth-order valence-electron chi connectivity index (χ4n) is 2.16. The SMILES string of the molecule is CNc1ncccc1C(=O)N1CC[C@](C)(O)[C@@H](O)C1. The van der Waals surface area contributed by atoms with Gasteiger partial charge < -0.3 is 20.4 Å². The molecular weight excluding hydrogens is 246 g/mol. The lowest BCUT2D eigenvalue weighted by molar-refractivity contribution is -0.0999. The average Bonchev–Trinajstić information content (AvgIpc) is 2.41. The van der Waals surface area contributed by atoms with Crippen molar-refractivity contribution in [2.45, 2.75) is 25.0 Å². The molecule has 1 aromatic rings.